The van der Waals surface area contributed by atoms with E-state index in [-0.39, 0.29) is 23.8 Å². The Morgan fingerprint density at radius 3 is 2.43 bits per heavy atom. The summed E-state index contributed by atoms with van der Waals surface area (Å²) in [5.74, 6) is 0.605. The van der Waals surface area contributed by atoms with Gasteiger partial charge in [-0.05, 0) is 40.9 Å². The van der Waals surface area contributed by atoms with E-state index in [0.717, 1.165) is 16.7 Å². The molecule has 0 spiro atoms. The lowest BCUT2D eigenvalue weighted by atomic mass is 9.82. The summed E-state index contributed by atoms with van der Waals surface area (Å²) in [4.78, 5) is 11.8. The summed E-state index contributed by atoms with van der Waals surface area (Å²) in [6, 6.07) is 4.03. The van der Waals surface area contributed by atoms with Gasteiger partial charge < -0.3 is 15.5 Å². The molecule has 0 radical (unpaired) electrons. The van der Waals surface area contributed by atoms with Gasteiger partial charge in [-0.25, -0.2) is 0 Å². The molecule has 0 bridgehead atoms. The molecular formula is C19H31NO3. The largest absolute Gasteiger partial charge is 0.507 e. The van der Waals surface area contributed by atoms with Crippen LogP contribution in [-0.2, 0) is 16.6 Å². The van der Waals surface area contributed by atoms with Crippen molar-refractivity contribution < 1.29 is 15.0 Å². The summed E-state index contributed by atoms with van der Waals surface area (Å²) in [5, 5.41) is 22.1. The van der Waals surface area contributed by atoms with Crippen molar-refractivity contribution in [2.75, 3.05) is 13.2 Å². The van der Waals surface area contributed by atoms with Crippen molar-refractivity contribution in [1.82, 2.24) is 5.32 Å². The average molecular weight is 321 g/mol. The zero-order valence-electron chi connectivity index (χ0n) is 15.1. The Balaban J connectivity index is 2.90. The standard InChI is InChI=1S/C19H31NO3/c1-13(2)15-11-14(7-8-17(22)20-9-6-10-21)12-16(18(15)23)19(3,4)5/h11-13,21,23H,6-10H2,1-5H3,(H,20,22). The molecule has 0 aliphatic heterocycles. The first-order valence-corrected chi connectivity index (χ1v) is 8.40. The van der Waals surface area contributed by atoms with Crippen molar-refractivity contribution in [3.8, 4) is 5.75 Å². The summed E-state index contributed by atoms with van der Waals surface area (Å²) in [7, 11) is 0. The Hall–Kier alpha value is -1.55. The van der Waals surface area contributed by atoms with Gasteiger partial charge in [0.1, 0.15) is 5.75 Å². The van der Waals surface area contributed by atoms with Gasteiger partial charge in [0.25, 0.3) is 0 Å². The number of carbonyl (C=O) groups excluding carboxylic acids is 1. The van der Waals surface area contributed by atoms with Crippen LogP contribution >= 0.6 is 0 Å². The molecule has 0 fully saturated rings. The molecule has 130 valence electrons. The van der Waals surface area contributed by atoms with Crippen LogP contribution in [0.5, 0.6) is 5.75 Å². The van der Waals surface area contributed by atoms with Crippen molar-refractivity contribution in [1.29, 1.82) is 0 Å². The van der Waals surface area contributed by atoms with Gasteiger partial charge in [0.2, 0.25) is 5.91 Å². The number of benzene rings is 1. The fourth-order valence-electron chi connectivity index (χ4n) is 2.53. The molecule has 0 atom stereocenters. The number of hydrogen-bond donors (Lipinski definition) is 3. The van der Waals surface area contributed by atoms with Crippen molar-refractivity contribution in [3.63, 3.8) is 0 Å². The summed E-state index contributed by atoms with van der Waals surface area (Å²) in [6.07, 6.45) is 1.64. The third kappa shape index (κ3) is 5.87. The summed E-state index contributed by atoms with van der Waals surface area (Å²) in [5.41, 5.74) is 2.80. The molecule has 1 aromatic rings. The smallest absolute Gasteiger partial charge is 0.220 e. The lowest BCUT2D eigenvalue weighted by molar-refractivity contribution is -0.121. The Morgan fingerprint density at radius 1 is 1.26 bits per heavy atom. The molecule has 0 heterocycles. The van der Waals surface area contributed by atoms with Gasteiger partial charge in [0.05, 0.1) is 0 Å². The molecule has 0 saturated carbocycles. The molecule has 0 unspecified atom stereocenters. The Bertz CT molecular complexity index is 530. The Labute approximate surface area is 139 Å². The van der Waals surface area contributed by atoms with Gasteiger partial charge in [0.15, 0.2) is 0 Å². The minimum Gasteiger partial charge on any atom is -0.507 e. The van der Waals surface area contributed by atoms with Gasteiger partial charge in [-0.1, -0.05) is 46.8 Å². The molecule has 1 aromatic carbocycles. The molecule has 0 aliphatic rings. The van der Waals surface area contributed by atoms with Crippen molar-refractivity contribution in [3.05, 3.63) is 28.8 Å². The maximum atomic E-state index is 11.8. The molecule has 3 N–H and O–H groups in total. The molecule has 1 rings (SSSR count). The SMILES string of the molecule is CC(C)c1cc(CCC(=O)NCCCO)cc(C(C)(C)C)c1O. The van der Waals surface area contributed by atoms with Crippen molar-refractivity contribution in [2.45, 2.75) is 65.2 Å². The van der Waals surface area contributed by atoms with Crippen LogP contribution in [0.25, 0.3) is 0 Å². The first-order chi connectivity index (χ1) is 10.7. The van der Waals surface area contributed by atoms with Crippen LogP contribution in [0.4, 0.5) is 0 Å². The molecule has 0 aliphatic carbocycles. The summed E-state index contributed by atoms with van der Waals surface area (Å²) >= 11 is 0. The normalized spacial score (nSPS) is 11.8. The number of nitrogens with one attached hydrogen (secondary N) is 1. The van der Waals surface area contributed by atoms with Crippen molar-refractivity contribution >= 4 is 5.91 Å². The summed E-state index contributed by atoms with van der Waals surface area (Å²) in [6.45, 7) is 11.0. The number of aliphatic hydroxyl groups excluding tert-OH is 1. The van der Waals surface area contributed by atoms with E-state index in [1.54, 1.807) is 0 Å². The van der Waals surface area contributed by atoms with E-state index < -0.39 is 0 Å². The second kappa shape index (κ2) is 8.34. The highest BCUT2D eigenvalue weighted by molar-refractivity contribution is 5.76. The minimum atomic E-state index is -0.146. The van der Waals surface area contributed by atoms with E-state index in [4.69, 9.17) is 5.11 Å². The first-order valence-electron chi connectivity index (χ1n) is 8.40. The van der Waals surface area contributed by atoms with Crippen LogP contribution in [0, 0.1) is 0 Å². The highest BCUT2D eigenvalue weighted by atomic mass is 16.3. The molecule has 4 heteroatoms. The maximum absolute atomic E-state index is 11.8. The maximum Gasteiger partial charge on any atom is 0.220 e. The number of aromatic hydroxyl groups is 1. The van der Waals surface area contributed by atoms with E-state index in [1.807, 2.05) is 12.1 Å². The number of amides is 1. The minimum absolute atomic E-state index is 0.00469. The van der Waals surface area contributed by atoms with Gasteiger partial charge in [-0.3, -0.25) is 4.79 Å². The van der Waals surface area contributed by atoms with Gasteiger partial charge in [-0.15, -0.1) is 0 Å². The second-order valence-electron chi connectivity index (χ2n) is 7.41. The molecule has 0 saturated heterocycles. The number of phenolic OH excluding ortho intramolecular Hbond substituents is 1. The van der Waals surface area contributed by atoms with E-state index >= 15 is 0 Å². The topological polar surface area (TPSA) is 69.6 Å². The molecule has 23 heavy (non-hydrogen) atoms. The molecule has 4 nitrogen and oxygen atoms in total. The number of phenols is 1. The van der Waals surface area contributed by atoms with E-state index in [9.17, 15) is 9.90 Å². The van der Waals surface area contributed by atoms with Crippen molar-refractivity contribution in [2.24, 2.45) is 0 Å². The molecular weight excluding hydrogens is 290 g/mol. The highest BCUT2D eigenvalue weighted by Gasteiger charge is 2.22. The second-order valence-corrected chi connectivity index (χ2v) is 7.41. The number of rotatable bonds is 7. The fourth-order valence-corrected chi connectivity index (χ4v) is 2.53. The van der Waals surface area contributed by atoms with Crippen LogP contribution in [0.3, 0.4) is 0 Å². The third-order valence-electron chi connectivity index (χ3n) is 3.93. The number of aliphatic hydroxyl groups is 1. The van der Waals surface area contributed by atoms with Crippen LogP contribution in [0.15, 0.2) is 12.1 Å². The third-order valence-corrected chi connectivity index (χ3v) is 3.93. The number of hydrogen-bond acceptors (Lipinski definition) is 3. The molecule has 1 amide bonds. The first kappa shape index (κ1) is 19.5. The number of aryl methyl sites for hydroxylation is 1. The van der Waals surface area contributed by atoms with Crippen LogP contribution in [0.2, 0.25) is 0 Å². The molecule has 0 aromatic heterocycles. The van der Waals surface area contributed by atoms with E-state index in [1.165, 1.54) is 0 Å². The lowest BCUT2D eigenvalue weighted by Gasteiger charge is -2.24. The quantitative estimate of drug-likeness (QED) is 0.675. The predicted octanol–water partition coefficient (Wildman–Crippen LogP) is 3.24. The zero-order chi connectivity index (χ0) is 17.6. The van der Waals surface area contributed by atoms with E-state index in [0.29, 0.717) is 31.6 Å². The lowest BCUT2D eigenvalue weighted by Crippen LogP contribution is -2.25. The van der Waals surface area contributed by atoms with Crippen LogP contribution in [-0.4, -0.2) is 29.3 Å². The van der Waals surface area contributed by atoms with Gasteiger partial charge >= 0.3 is 0 Å². The zero-order valence-corrected chi connectivity index (χ0v) is 15.1. The summed E-state index contributed by atoms with van der Waals surface area (Å²) < 4.78 is 0. The van der Waals surface area contributed by atoms with Gasteiger partial charge in [-0.2, -0.15) is 0 Å². The average Bonchev–Trinajstić information content (AvgIpc) is 2.44. The predicted molar refractivity (Wildman–Crippen MR) is 93.9 cm³/mol. The fraction of sp³-hybridized carbons (Fsp3) is 0.632. The van der Waals surface area contributed by atoms with E-state index in [2.05, 4.69) is 39.9 Å². The Morgan fingerprint density at radius 2 is 1.91 bits per heavy atom. The van der Waals surface area contributed by atoms with Crippen LogP contribution in [0.1, 0.15) is 70.1 Å². The van der Waals surface area contributed by atoms with Crippen LogP contribution < -0.4 is 5.32 Å². The van der Waals surface area contributed by atoms with Gasteiger partial charge in [0, 0.05) is 19.6 Å². The highest BCUT2D eigenvalue weighted by Crippen LogP contribution is 2.37. The number of carbonyl (C=O) groups is 1. The monoisotopic (exact) mass is 321 g/mol. The Kier molecular flexibility index (Phi) is 7.07.